The molecule has 0 rings (SSSR count). The smallest absolute Gasteiger partial charge is 0.00104 e. The highest BCUT2D eigenvalue weighted by atomic mass is 14.6. The summed E-state index contributed by atoms with van der Waals surface area (Å²) in [5.41, 5.74) is 5.66. The Balaban J connectivity index is 3.21. The molecule has 0 fully saturated rings. The maximum Gasteiger partial charge on any atom is 0.00104 e. The molecule has 1 unspecified atom stereocenters. The zero-order valence-corrected chi connectivity index (χ0v) is 8.27. The molecular formula is C10H23N. The van der Waals surface area contributed by atoms with Crippen molar-refractivity contribution in [3.8, 4) is 0 Å². The minimum atomic E-state index is 0.393. The van der Waals surface area contributed by atoms with Crippen molar-refractivity contribution in [3.63, 3.8) is 0 Å². The Morgan fingerprint density at radius 1 is 1.09 bits per heavy atom. The summed E-state index contributed by atoms with van der Waals surface area (Å²) in [5.74, 6) is 0.939. The summed E-state index contributed by atoms with van der Waals surface area (Å²) in [6, 6.07) is 0.393. The Labute approximate surface area is 71.4 Å². The third-order valence-electron chi connectivity index (χ3n) is 2.43. The average molecular weight is 157 g/mol. The minimum absolute atomic E-state index is 0.393. The van der Waals surface area contributed by atoms with E-state index in [1.54, 1.807) is 0 Å². The van der Waals surface area contributed by atoms with Crippen molar-refractivity contribution in [2.24, 2.45) is 11.7 Å². The van der Waals surface area contributed by atoms with Gasteiger partial charge in [0, 0.05) is 6.04 Å². The lowest BCUT2D eigenvalue weighted by atomic mass is 9.96. The Morgan fingerprint density at radius 2 is 1.64 bits per heavy atom. The normalized spacial score (nSPS) is 13.9. The van der Waals surface area contributed by atoms with E-state index in [0.29, 0.717) is 6.04 Å². The maximum absolute atomic E-state index is 5.66. The predicted octanol–water partition coefficient (Wildman–Crippen LogP) is 2.94. The zero-order chi connectivity index (χ0) is 8.69. The van der Waals surface area contributed by atoms with Crippen LogP contribution in [0.1, 0.15) is 52.9 Å². The van der Waals surface area contributed by atoms with Gasteiger partial charge in [-0.1, -0.05) is 39.5 Å². The van der Waals surface area contributed by atoms with Gasteiger partial charge in [0.1, 0.15) is 0 Å². The highest BCUT2D eigenvalue weighted by Crippen LogP contribution is 2.15. The molecule has 2 N–H and O–H groups in total. The second-order valence-corrected chi connectivity index (χ2v) is 3.59. The van der Waals surface area contributed by atoms with Crippen molar-refractivity contribution < 1.29 is 0 Å². The van der Waals surface area contributed by atoms with Crippen LogP contribution in [-0.2, 0) is 0 Å². The van der Waals surface area contributed by atoms with Crippen LogP contribution in [0.15, 0.2) is 0 Å². The first-order chi connectivity index (χ1) is 5.20. The molecule has 0 saturated carbocycles. The minimum Gasteiger partial charge on any atom is -0.328 e. The molecule has 1 nitrogen and oxygen atoms in total. The third kappa shape index (κ3) is 6.36. The molecule has 0 aromatic heterocycles. The van der Waals surface area contributed by atoms with E-state index in [1.165, 1.54) is 32.1 Å². The van der Waals surface area contributed by atoms with E-state index in [0.717, 1.165) is 5.92 Å². The largest absolute Gasteiger partial charge is 0.328 e. The Kier molecular flexibility index (Phi) is 6.63. The highest BCUT2D eigenvalue weighted by Gasteiger charge is 2.03. The van der Waals surface area contributed by atoms with Gasteiger partial charge in [0.2, 0.25) is 0 Å². The Bertz CT molecular complexity index is 74.9. The third-order valence-corrected chi connectivity index (χ3v) is 2.43. The van der Waals surface area contributed by atoms with Gasteiger partial charge in [-0.3, -0.25) is 0 Å². The van der Waals surface area contributed by atoms with E-state index in [1.807, 2.05) is 0 Å². The molecule has 0 heterocycles. The molecule has 0 radical (unpaired) electrons. The van der Waals surface area contributed by atoms with Crippen LogP contribution in [0.25, 0.3) is 0 Å². The van der Waals surface area contributed by atoms with Crippen molar-refractivity contribution in [2.75, 3.05) is 0 Å². The van der Waals surface area contributed by atoms with Crippen LogP contribution < -0.4 is 5.73 Å². The van der Waals surface area contributed by atoms with E-state index in [2.05, 4.69) is 20.8 Å². The van der Waals surface area contributed by atoms with E-state index >= 15 is 0 Å². The van der Waals surface area contributed by atoms with Gasteiger partial charge in [-0.05, 0) is 19.3 Å². The molecule has 11 heavy (non-hydrogen) atoms. The van der Waals surface area contributed by atoms with Gasteiger partial charge in [0.15, 0.2) is 0 Å². The van der Waals surface area contributed by atoms with Gasteiger partial charge in [-0.25, -0.2) is 0 Å². The molecule has 0 saturated heterocycles. The van der Waals surface area contributed by atoms with Gasteiger partial charge in [0.05, 0.1) is 0 Å². The molecule has 68 valence electrons. The summed E-state index contributed by atoms with van der Waals surface area (Å²) in [6.07, 6.45) is 6.53. The SMILES string of the molecule is CCC(CC)CCCC(C)N. The predicted molar refractivity (Wildman–Crippen MR) is 51.6 cm³/mol. The summed E-state index contributed by atoms with van der Waals surface area (Å²) >= 11 is 0. The quantitative estimate of drug-likeness (QED) is 0.630. The molecule has 0 amide bonds. The lowest BCUT2D eigenvalue weighted by Gasteiger charge is -2.12. The standard InChI is InChI=1S/C10H23N/c1-4-10(5-2)8-6-7-9(3)11/h9-10H,4-8,11H2,1-3H3. The van der Waals surface area contributed by atoms with Crippen molar-refractivity contribution in [1.82, 2.24) is 0 Å². The van der Waals surface area contributed by atoms with Crippen LogP contribution in [0, 0.1) is 5.92 Å². The molecule has 0 bridgehead atoms. The second-order valence-electron chi connectivity index (χ2n) is 3.59. The van der Waals surface area contributed by atoms with Gasteiger partial charge in [0.25, 0.3) is 0 Å². The van der Waals surface area contributed by atoms with Gasteiger partial charge < -0.3 is 5.73 Å². The van der Waals surface area contributed by atoms with Crippen LogP contribution in [0.2, 0.25) is 0 Å². The molecule has 0 spiro atoms. The van der Waals surface area contributed by atoms with Crippen molar-refractivity contribution >= 4 is 0 Å². The molecule has 1 heteroatoms. The van der Waals surface area contributed by atoms with Crippen LogP contribution in [-0.4, -0.2) is 6.04 Å². The lowest BCUT2D eigenvalue weighted by molar-refractivity contribution is 0.424. The van der Waals surface area contributed by atoms with Gasteiger partial charge in [-0.2, -0.15) is 0 Å². The van der Waals surface area contributed by atoms with Crippen LogP contribution in [0.4, 0.5) is 0 Å². The monoisotopic (exact) mass is 157 g/mol. The van der Waals surface area contributed by atoms with Crippen molar-refractivity contribution in [1.29, 1.82) is 0 Å². The molecule has 1 atom stereocenters. The van der Waals surface area contributed by atoms with E-state index in [9.17, 15) is 0 Å². The fraction of sp³-hybridized carbons (Fsp3) is 1.00. The molecule has 0 aromatic rings. The molecule has 0 aliphatic carbocycles. The first kappa shape index (κ1) is 11.0. The highest BCUT2D eigenvalue weighted by molar-refractivity contribution is 4.58. The summed E-state index contributed by atoms with van der Waals surface area (Å²) in [5, 5.41) is 0. The second kappa shape index (κ2) is 6.66. The fourth-order valence-electron chi connectivity index (χ4n) is 1.43. The number of hydrogen-bond acceptors (Lipinski definition) is 1. The molecule has 0 aromatic carbocycles. The average Bonchev–Trinajstić information content (AvgIpc) is 1.98. The number of rotatable bonds is 6. The van der Waals surface area contributed by atoms with E-state index < -0.39 is 0 Å². The van der Waals surface area contributed by atoms with Gasteiger partial charge in [-0.15, -0.1) is 0 Å². The Hall–Kier alpha value is -0.0400. The lowest BCUT2D eigenvalue weighted by Crippen LogP contribution is -2.14. The maximum atomic E-state index is 5.66. The Morgan fingerprint density at radius 3 is 2.00 bits per heavy atom. The summed E-state index contributed by atoms with van der Waals surface area (Å²) < 4.78 is 0. The summed E-state index contributed by atoms with van der Waals surface area (Å²) in [4.78, 5) is 0. The molecule has 0 aliphatic rings. The molecule has 0 aliphatic heterocycles. The topological polar surface area (TPSA) is 26.0 Å². The zero-order valence-electron chi connectivity index (χ0n) is 8.27. The summed E-state index contributed by atoms with van der Waals surface area (Å²) in [6.45, 7) is 6.65. The van der Waals surface area contributed by atoms with Gasteiger partial charge >= 0.3 is 0 Å². The first-order valence-corrected chi connectivity index (χ1v) is 4.96. The number of nitrogens with two attached hydrogens (primary N) is 1. The molecular weight excluding hydrogens is 134 g/mol. The summed E-state index contributed by atoms with van der Waals surface area (Å²) in [7, 11) is 0. The first-order valence-electron chi connectivity index (χ1n) is 4.96. The van der Waals surface area contributed by atoms with E-state index in [4.69, 9.17) is 5.73 Å². The van der Waals surface area contributed by atoms with Crippen molar-refractivity contribution in [2.45, 2.75) is 58.9 Å². The van der Waals surface area contributed by atoms with E-state index in [-0.39, 0.29) is 0 Å². The fourth-order valence-corrected chi connectivity index (χ4v) is 1.43. The number of hydrogen-bond donors (Lipinski definition) is 1. The van der Waals surface area contributed by atoms with Crippen molar-refractivity contribution in [3.05, 3.63) is 0 Å². The van der Waals surface area contributed by atoms with Crippen LogP contribution >= 0.6 is 0 Å². The van der Waals surface area contributed by atoms with Crippen LogP contribution in [0.5, 0.6) is 0 Å². The van der Waals surface area contributed by atoms with Crippen LogP contribution in [0.3, 0.4) is 0 Å².